The summed E-state index contributed by atoms with van der Waals surface area (Å²) in [6.07, 6.45) is 7.39. The minimum atomic E-state index is 0.171. The molecule has 3 fully saturated rings. The van der Waals surface area contributed by atoms with E-state index in [-0.39, 0.29) is 5.41 Å². The van der Waals surface area contributed by atoms with Gasteiger partial charge in [-0.1, -0.05) is 24.6 Å². The molecule has 138 valence electrons. The third-order valence-electron chi connectivity index (χ3n) is 7.33. The predicted molar refractivity (Wildman–Crippen MR) is 104 cm³/mol. The van der Waals surface area contributed by atoms with Crippen molar-refractivity contribution in [2.24, 2.45) is 5.41 Å². The number of halogens is 1. The van der Waals surface area contributed by atoms with Crippen LogP contribution in [0.4, 0.5) is 5.69 Å². The van der Waals surface area contributed by atoms with Crippen LogP contribution in [0.15, 0.2) is 18.2 Å². The van der Waals surface area contributed by atoms with E-state index in [0.717, 1.165) is 30.1 Å². The summed E-state index contributed by atoms with van der Waals surface area (Å²) in [7, 11) is 0. The number of anilines is 1. The Labute approximate surface area is 157 Å². The van der Waals surface area contributed by atoms with Crippen molar-refractivity contribution in [1.29, 1.82) is 0 Å². The van der Waals surface area contributed by atoms with Crippen molar-refractivity contribution in [1.82, 2.24) is 4.90 Å². The highest BCUT2D eigenvalue weighted by molar-refractivity contribution is 6.31. The molecule has 1 N–H and O–H groups in total. The van der Waals surface area contributed by atoms with Crippen molar-refractivity contribution < 1.29 is 5.11 Å². The summed E-state index contributed by atoms with van der Waals surface area (Å²) in [5.41, 5.74) is 2.58. The van der Waals surface area contributed by atoms with Gasteiger partial charge in [0.15, 0.2) is 0 Å². The van der Waals surface area contributed by atoms with Gasteiger partial charge in [-0.25, -0.2) is 0 Å². The van der Waals surface area contributed by atoms with E-state index < -0.39 is 0 Å². The highest BCUT2D eigenvalue weighted by Gasteiger charge is 2.56. The van der Waals surface area contributed by atoms with Gasteiger partial charge in [0.05, 0.1) is 6.61 Å². The number of rotatable bonds is 4. The van der Waals surface area contributed by atoms with Gasteiger partial charge >= 0.3 is 0 Å². The van der Waals surface area contributed by atoms with E-state index in [4.69, 9.17) is 11.6 Å². The zero-order valence-corrected chi connectivity index (χ0v) is 16.3. The first-order valence-corrected chi connectivity index (χ1v) is 10.3. The monoisotopic (exact) mass is 362 g/mol. The number of nitrogens with zero attached hydrogens (tertiary/aromatic N) is 2. The maximum Gasteiger partial charge on any atom is 0.0502 e. The Hall–Kier alpha value is -0.770. The minimum absolute atomic E-state index is 0.171. The van der Waals surface area contributed by atoms with Gasteiger partial charge in [0, 0.05) is 47.3 Å². The van der Waals surface area contributed by atoms with Gasteiger partial charge < -0.3 is 10.0 Å². The van der Waals surface area contributed by atoms with Crippen molar-refractivity contribution in [3.8, 4) is 0 Å². The van der Waals surface area contributed by atoms with E-state index in [9.17, 15) is 5.11 Å². The number of aryl methyl sites for hydroxylation is 1. The molecule has 3 heterocycles. The lowest BCUT2D eigenvalue weighted by atomic mass is 9.72. The smallest absolute Gasteiger partial charge is 0.0502 e. The zero-order chi connectivity index (χ0) is 17.6. The number of aliphatic hydroxyl groups is 1. The number of aliphatic hydroxyl groups excluding tert-OH is 1. The first kappa shape index (κ1) is 17.6. The van der Waals surface area contributed by atoms with Gasteiger partial charge in [0.2, 0.25) is 0 Å². The molecule has 4 heteroatoms. The first-order chi connectivity index (χ1) is 12.1. The number of hydrogen-bond donors (Lipinski definition) is 1. The molecule has 3 atom stereocenters. The minimum Gasteiger partial charge on any atom is -0.396 e. The van der Waals surface area contributed by atoms with Crippen LogP contribution < -0.4 is 4.90 Å². The molecular weight excluding hydrogens is 332 g/mol. The molecule has 2 bridgehead atoms. The summed E-state index contributed by atoms with van der Waals surface area (Å²) in [4.78, 5) is 5.30. The van der Waals surface area contributed by atoms with Crippen molar-refractivity contribution >= 4 is 17.3 Å². The first-order valence-electron chi connectivity index (χ1n) is 9.97. The molecule has 3 aliphatic rings. The molecule has 1 aromatic rings. The van der Waals surface area contributed by atoms with Gasteiger partial charge in [-0.3, -0.25) is 4.90 Å². The highest BCUT2D eigenvalue weighted by Crippen LogP contribution is 2.53. The van der Waals surface area contributed by atoms with Crippen LogP contribution >= 0.6 is 11.6 Å². The number of piperidine rings is 1. The van der Waals surface area contributed by atoms with Gasteiger partial charge in [-0.15, -0.1) is 0 Å². The van der Waals surface area contributed by atoms with Gasteiger partial charge in [-0.2, -0.15) is 0 Å². The molecule has 0 spiro atoms. The average molecular weight is 363 g/mol. The molecule has 0 saturated carbocycles. The summed E-state index contributed by atoms with van der Waals surface area (Å²) in [5.74, 6) is 0. The summed E-state index contributed by atoms with van der Waals surface area (Å²) >= 11 is 6.32. The van der Waals surface area contributed by atoms with E-state index >= 15 is 0 Å². The van der Waals surface area contributed by atoms with Crippen molar-refractivity contribution in [2.45, 2.75) is 70.5 Å². The Morgan fingerprint density at radius 3 is 2.52 bits per heavy atom. The molecule has 3 aliphatic heterocycles. The van der Waals surface area contributed by atoms with E-state index in [1.165, 1.54) is 37.8 Å². The lowest BCUT2D eigenvalue weighted by Gasteiger charge is -2.42. The fourth-order valence-electron chi connectivity index (χ4n) is 5.75. The topological polar surface area (TPSA) is 26.7 Å². The molecule has 0 amide bonds. The second-order valence-corrected chi connectivity index (χ2v) is 8.83. The summed E-state index contributed by atoms with van der Waals surface area (Å²) in [5, 5.41) is 10.9. The Morgan fingerprint density at radius 2 is 1.92 bits per heavy atom. The van der Waals surface area contributed by atoms with Crippen LogP contribution in [0.3, 0.4) is 0 Å². The Morgan fingerprint density at radius 1 is 1.16 bits per heavy atom. The summed E-state index contributed by atoms with van der Waals surface area (Å²) in [6.45, 7) is 6.90. The van der Waals surface area contributed by atoms with Crippen LogP contribution in [0.5, 0.6) is 0 Å². The average Bonchev–Trinajstić information content (AvgIpc) is 3.20. The number of fused-ring (bicyclic) bond motifs is 2. The second kappa shape index (κ2) is 6.75. The molecule has 0 unspecified atom stereocenters. The summed E-state index contributed by atoms with van der Waals surface area (Å²) < 4.78 is 0. The van der Waals surface area contributed by atoms with E-state index in [1.54, 1.807) is 0 Å². The van der Waals surface area contributed by atoms with Crippen molar-refractivity contribution in [3.05, 3.63) is 28.8 Å². The molecule has 0 radical (unpaired) electrons. The van der Waals surface area contributed by atoms with Crippen LogP contribution in [0.1, 0.15) is 51.0 Å². The van der Waals surface area contributed by atoms with Crippen LogP contribution in [-0.4, -0.2) is 47.8 Å². The second-order valence-electron chi connectivity index (χ2n) is 8.42. The van der Waals surface area contributed by atoms with E-state index in [1.807, 2.05) is 0 Å². The molecular formula is C21H31ClN2O. The molecule has 25 heavy (non-hydrogen) atoms. The molecule has 1 aromatic carbocycles. The standard InChI is InChI=1S/C21H31ClN2O/c1-3-21(14-25)13-18-6-7-20(21)24(18)16-8-10-23(11-9-16)17-5-4-15(2)19(22)12-17/h4-5,12,16,18,20,25H,3,6-11,13-14H2,1-2H3/t18-,20+,21-/m1/s1. The molecule has 0 aromatic heterocycles. The third-order valence-corrected chi connectivity index (χ3v) is 7.74. The lowest BCUT2D eigenvalue weighted by molar-refractivity contribution is 0.0566. The normalized spacial score (nSPS) is 33.4. The molecule has 3 saturated heterocycles. The predicted octanol–water partition coefficient (Wildman–Crippen LogP) is 4.24. The Bertz CT molecular complexity index is 622. The maximum absolute atomic E-state index is 10.0. The largest absolute Gasteiger partial charge is 0.396 e. The van der Waals surface area contributed by atoms with Crippen LogP contribution in [-0.2, 0) is 0 Å². The van der Waals surface area contributed by atoms with Gasteiger partial charge in [-0.05, 0) is 63.1 Å². The van der Waals surface area contributed by atoms with Crippen LogP contribution in [0, 0.1) is 12.3 Å². The van der Waals surface area contributed by atoms with E-state index in [2.05, 4.69) is 41.8 Å². The van der Waals surface area contributed by atoms with E-state index in [0.29, 0.717) is 24.7 Å². The Kier molecular flexibility index (Phi) is 4.76. The van der Waals surface area contributed by atoms with Crippen LogP contribution in [0.25, 0.3) is 0 Å². The van der Waals surface area contributed by atoms with Crippen molar-refractivity contribution in [3.63, 3.8) is 0 Å². The Balaban J connectivity index is 1.43. The fraction of sp³-hybridized carbons (Fsp3) is 0.714. The molecule has 4 rings (SSSR count). The SMILES string of the molecule is CC[C@]1(CO)C[C@H]2CC[C@@H]1N2C1CCN(c2ccc(C)c(Cl)c2)CC1. The van der Waals surface area contributed by atoms with Crippen LogP contribution in [0.2, 0.25) is 5.02 Å². The number of hydrogen-bond acceptors (Lipinski definition) is 3. The molecule has 0 aliphatic carbocycles. The van der Waals surface area contributed by atoms with Gasteiger partial charge in [0.25, 0.3) is 0 Å². The highest BCUT2D eigenvalue weighted by atomic mass is 35.5. The third kappa shape index (κ3) is 2.89. The molecule has 3 nitrogen and oxygen atoms in total. The lowest BCUT2D eigenvalue weighted by Crippen LogP contribution is -2.49. The quantitative estimate of drug-likeness (QED) is 0.867. The van der Waals surface area contributed by atoms with Crippen molar-refractivity contribution in [2.75, 3.05) is 24.6 Å². The summed E-state index contributed by atoms with van der Waals surface area (Å²) in [6, 6.07) is 8.45. The maximum atomic E-state index is 10.0. The number of benzene rings is 1. The zero-order valence-electron chi connectivity index (χ0n) is 15.5. The van der Waals surface area contributed by atoms with Gasteiger partial charge in [0.1, 0.15) is 0 Å². The fourth-order valence-corrected chi connectivity index (χ4v) is 5.93.